The summed E-state index contributed by atoms with van der Waals surface area (Å²) in [4.78, 5) is 10.6. The standard InChI is InChI=1S/C10H17O2.Mn/c1-10(2,7-9(11)12)8-5-3-4-6-8;/h3,8H,4-7H2,1-2H3,(H,11,12);/q-1;. The van der Waals surface area contributed by atoms with Gasteiger partial charge in [-0.2, -0.15) is 12.8 Å². The normalized spacial score (nSPS) is 22.5. The first kappa shape index (κ1) is 13.0. The minimum absolute atomic E-state index is 0. The fourth-order valence-electron chi connectivity index (χ4n) is 2.00. The molecule has 0 aromatic heterocycles. The molecule has 0 heterocycles. The van der Waals surface area contributed by atoms with E-state index < -0.39 is 5.97 Å². The molecule has 1 aliphatic rings. The average Bonchev–Trinajstić information content (AvgIpc) is 2.32. The van der Waals surface area contributed by atoms with Crippen molar-refractivity contribution in [2.75, 3.05) is 0 Å². The molecule has 0 aromatic rings. The first-order chi connectivity index (χ1) is 5.52. The van der Waals surface area contributed by atoms with Gasteiger partial charge >= 0.3 is 5.97 Å². The molecule has 1 atom stereocenters. The van der Waals surface area contributed by atoms with Crippen molar-refractivity contribution in [1.29, 1.82) is 0 Å². The molecule has 0 saturated heterocycles. The summed E-state index contributed by atoms with van der Waals surface area (Å²) >= 11 is 0. The maximum atomic E-state index is 10.6. The van der Waals surface area contributed by atoms with Crippen LogP contribution < -0.4 is 0 Å². The van der Waals surface area contributed by atoms with Crippen LogP contribution in [0.3, 0.4) is 0 Å². The summed E-state index contributed by atoms with van der Waals surface area (Å²) in [5.41, 5.74) is -0.0289. The number of carboxylic acid groups (broad SMARTS) is 1. The Balaban J connectivity index is 0.00000144. The van der Waals surface area contributed by atoms with Crippen molar-refractivity contribution in [2.24, 2.45) is 11.3 Å². The third kappa shape index (κ3) is 3.70. The molecule has 1 fully saturated rings. The number of hydrogen-bond donors (Lipinski definition) is 1. The SMILES string of the molecule is CC(C)(CC(=O)O)C1C[CH-]CC1.[Mn]. The minimum atomic E-state index is -0.674. The average molecular weight is 224 g/mol. The second-order valence-corrected chi connectivity index (χ2v) is 4.36. The zero-order valence-electron chi connectivity index (χ0n) is 8.22. The Morgan fingerprint density at radius 1 is 1.62 bits per heavy atom. The van der Waals surface area contributed by atoms with Crippen LogP contribution in [-0.2, 0) is 21.9 Å². The summed E-state index contributed by atoms with van der Waals surface area (Å²) in [5, 5.41) is 8.70. The molecule has 2 nitrogen and oxygen atoms in total. The van der Waals surface area contributed by atoms with E-state index in [9.17, 15) is 4.79 Å². The van der Waals surface area contributed by atoms with Gasteiger partial charge in [-0.05, 0) is 5.41 Å². The molecular formula is C10H17MnO2-. The first-order valence-electron chi connectivity index (χ1n) is 4.56. The Bertz CT molecular complexity index is 172. The predicted octanol–water partition coefficient (Wildman–Crippen LogP) is 2.49. The Labute approximate surface area is 90.6 Å². The van der Waals surface area contributed by atoms with Gasteiger partial charge in [0.15, 0.2) is 0 Å². The van der Waals surface area contributed by atoms with Crippen molar-refractivity contribution in [3.8, 4) is 0 Å². The third-order valence-corrected chi connectivity index (χ3v) is 2.88. The van der Waals surface area contributed by atoms with Crippen LogP contribution >= 0.6 is 0 Å². The molecular weight excluding hydrogens is 207 g/mol. The molecule has 1 N–H and O–H groups in total. The number of carboxylic acids is 1. The quantitative estimate of drug-likeness (QED) is 0.590. The number of hydrogen-bond acceptors (Lipinski definition) is 1. The Hall–Kier alpha value is -0.0105. The molecule has 13 heavy (non-hydrogen) atoms. The van der Waals surface area contributed by atoms with Crippen LogP contribution in [-0.4, -0.2) is 11.1 Å². The van der Waals surface area contributed by atoms with Gasteiger partial charge in [0, 0.05) is 17.1 Å². The van der Waals surface area contributed by atoms with Crippen molar-refractivity contribution < 1.29 is 27.0 Å². The van der Waals surface area contributed by atoms with Crippen LogP contribution in [0.25, 0.3) is 0 Å². The van der Waals surface area contributed by atoms with Crippen LogP contribution in [0.5, 0.6) is 0 Å². The van der Waals surface area contributed by atoms with Gasteiger partial charge in [-0.1, -0.05) is 26.2 Å². The van der Waals surface area contributed by atoms with Crippen LogP contribution in [0, 0.1) is 17.8 Å². The van der Waals surface area contributed by atoms with Crippen molar-refractivity contribution in [2.45, 2.75) is 39.5 Å². The molecule has 0 amide bonds. The molecule has 0 bridgehead atoms. The van der Waals surface area contributed by atoms with Crippen LogP contribution in [0.1, 0.15) is 39.5 Å². The molecule has 1 radical (unpaired) electrons. The molecule has 0 spiro atoms. The van der Waals surface area contributed by atoms with E-state index in [1.807, 2.05) is 0 Å². The second kappa shape index (κ2) is 5.02. The number of aliphatic carboxylic acids is 1. The van der Waals surface area contributed by atoms with Gasteiger partial charge in [-0.15, -0.1) is 0 Å². The van der Waals surface area contributed by atoms with Crippen molar-refractivity contribution in [3.05, 3.63) is 6.42 Å². The predicted molar refractivity (Wildman–Crippen MR) is 47.7 cm³/mol. The summed E-state index contributed by atoms with van der Waals surface area (Å²) in [6.07, 6.45) is 5.99. The third-order valence-electron chi connectivity index (χ3n) is 2.88. The Morgan fingerprint density at radius 3 is 2.62 bits per heavy atom. The minimum Gasteiger partial charge on any atom is -0.481 e. The Kier molecular flexibility index (Phi) is 5.01. The van der Waals surface area contributed by atoms with E-state index in [2.05, 4.69) is 20.3 Å². The first-order valence-corrected chi connectivity index (χ1v) is 4.56. The largest absolute Gasteiger partial charge is 0.481 e. The number of rotatable bonds is 3. The van der Waals surface area contributed by atoms with E-state index in [4.69, 9.17) is 5.11 Å². The van der Waals surface area contributed by atoms with Gasteiger partial charge in [0.1, 0.15) is 0 Å². The maximum absolute atomic E-state index is 10.6. The molecule has 1 saturated carbocycles. The molecule has 77 valence electrons. The van der Waals surface area contributed by atoms with E-state index in [0.717, 1.165) is 12.8 Å². The summed E-state index contributed by atoms with van der Waals surface area (Å²) < 4.78 is 0. The zero-order valence-corrected chi connectivity index (χ0v) is 9.40. The molecule has 3 heteroatoms. The van der Waals surface area contributed by atoms with E-state index in [0.29, 0.717) is 12.3 Å². The second-order valence-electron chi connectivity index (χ2n) is 4.36. The molecule has 0 aromatic carbocycles. The van der Waals surface area contributed by atoms with Gasteiger partial charge in [0.05, 0.1) is 6.42 Å². The topological polar surface area (TPSA) is 37.3 Å². The van der Waals surface area contributed by atoms with E-state index in [-0.39, 0.29) is 22.5 Å². The maximum Gasteiger partial charge on any atom is 0.303 e. The van der Waals surface area contributed by atoms with Crippen LogP contribution in [0.4, 0.5) is 0 Å². The Morgan fingerprint density at radius 2 is 2.23 bits per heavy atom. The fourth-order valence-corrected chi connectivity index (χ4v) is 2.00. The summed E-state index contributed by atoms with van der Waals surface area (Å²) in [6.45, 7) is 4.12. The molecule has 1 rings (SSSR count). The van der Waals surface area contributed by atoms with Gasteiger partial charge in [-0.3, -0.25) is 4.79 Å². The smallest absolute Gasteiger partial charge is 0.303 e. The molecule has 1 aliphatic carbocycles. The summed E-state index contributed by atoms with van der Waals surface area (Å²) in [7, 11) is 0. The van der Waals surface area contributed by atoms with E-state index in [1.54, 1.807) is 0 Å². The summed E-state index contributed by atoms with van der Waals surface area (Å²) in [5.74, 6) is -0.0968. The van der Waals surface area contributed by atoms with Crippen molar-refractivity contribution in [3.63, 3.8) is 0 Å². The summed E-state index contributed by atoms with van der Waals surface area (Å²) in [6, 6.07) is 0. The van der Waals surface area contributed by atoms with Gasteiger partial charge in [-0.25, -0.2) is 0 Å². The van der Waals surface area contributed by atoms with E-state index in [1.165, 1.54) is 6.42 Å². The van der Waals surface area contributed by atoms with Crippen molar-refractivity contribution >= 4 is 5.97 Å². The van der Waals surface area contributed by atoms with Gasteiger partial charge in [0.2, 0.25) is 0 Å². The number of carbonyl (C=O) groups is 1. The molecule has 1 unspecified atom stereocenters. The van der Waals surface area contributed by atoms with Crippen LogP contribution in [0.15, 0.2) is 0 Å². The van der Waals surface area contributed by atoms with Crippen molar-refractivity contribution in [1.82, 2.24) is 0 Å². The molecule has 0 aliphatic heterocycles. The monoisotopic (exact) mass is 224 g/mol. The zero-order chi connectivity index (χ0) is 9.19. The van der Waals surface area contributed by atoms with Gasteiger partial charge in [0.25, 0.3) is 0 Å². The van der Waals surface area contributed by atoms with Gasteiger partial charge < -0.3 is 11.5 Å². The fraction of sp³-hybridized carbons (Fsp3) is 0.800. The van der Waals surface area contributed by atoms with Crippen LogP contribution in [0.2, 0.25) is 0 Å². The van der Waals surface area contributed by atoms with E-state index >= 15 is 0 Å².